The summed E-state index contributed by atoms with van der Waals surface area (Å²) in [5.41, 5.74) is 2.70. The molecule has 1 aliphatic carbocycles. The van der Waals surface area contributed by atoms with Gasteiger partial charge in [-0.05, 0) is 43.9 Å². The molecule has 0 saturated heterocycles. The fraction of sp³-hybridized carbons (Fsp3) is 0.571. The van der Waals surface area contributed by atoms with Crippen LogP contribution in [0.25, 0.3) is 0 Å². The Morgan fingerprint density at radius 2 is 2.06 bits per heavy atom. The van der Waals surface area contributed by atoms with E-state index in [0.717, 1.165) is 19.0 Å². The van der Waals surface area contributed by atoms with E-state index in [1.807, 2.05) is 0 Å². The lowest BCUT2D eigenvalue weighted by Crippen LogP contribution is -2.30. The maximum absolute atomic E-state index is 3.53. The first-order valence-corrected chi connectivity index (χ1v) is 6.25. The second-order valence-electron chi connectivity index (χ2n) is 4.86. The van der Waals surface area contributed by atoms with E-state index in [-0.39, 0.29) is 0 Å². The molecule has 16 heavy (non-hydrogen) atoms. The van der Waals surface area contributed by atoms with Gasteiger partial charge in [-0.1, -0.05) is 18.2 Å². The van der Waals surface area contributed by atoms with Crippen LogP contribution in [0.3, 0.4) is 0 Å². The maximum atomic E-state index is 3.53. The van der Waals surface area contributed by atoms with Crippen LogP contribution in [-0.4, -0.2) is 26.7 Å². The van der Waals surface area contributed by atoms with E-state index >= 15 is 0 Å². The summed E-state index contributed by atoms with van der Waals surface area (Å²) < 4.78 is 0. The van der Waals surface area contributed by atoms with Gasteiger partial charge in [-0.2, -0.15) is 0 Å². The van der Waals surface area contributed by atoms with Crippen LogP contribution < -0.4 is 10.2 Å². The van der Waals surface area contributed by atoms with Crippen molar-refractivity contribution in [1.82, 2.24) is 5.32 Å². The van der Waals surface area contributed by atoms with Gasteiger partial charge in [0.25, 0.3) is 0 Å². The van der Waals surface area contributed by atoms with E-state index in [2.05, 4.69) is 48.5 Å². The Morgan fingerprint density at radius 3 is 2.75 bits per heavy atom. The molecule has 88 valence electrons. The van der Waals surface area contributed by atoms with Gasteiger partial charge >= 0.3 is 0 Å². The van der Waals surface area contributed by atoms with Crippen molar-refractivity contribution in [3.63, 3.8) is 0 Å². The number of likely N-dealkylation sites (N-methyl/N-ethyl adjacent to an activating group) is 1. The van der Waals surface area contributed by atoms with Gasteiger partial charge in [-0.15, -0.1) is 0 Å². The maximum Gasteiger partial charge on any atom is 0.0393 e. The van der Waals surface area contributed by atoms with Gasteiger partial charge in [-0.3, -0.25) is 0 Å². The number of hydrogen-bond acceptors (Lipinski definition) is 2. The molecule has 1 fully saturated rings. The summed E-state index contributed by atoms with van der Waals surface area (Å²) in [4.78, 5) is 2.33. The Balaban J connectivity index is 1.73. The fourth-order valence-electron chi connectivity index (χ4n) is 1.99. The summed E-state index contributed by atoms with van der Waals surface area (Å²) >= 11 is 0. The number of hydrogen-bond donors (Lipinski definition) is 1. The Labute approximate surface area is 98.7 Å². The first kappa shape index (κ1) is 11.5. The minimum atomic E-state index is 0.976. The predicted octanol–water partition coefficient (Wildman–Crippen LogP) is 2.43. The molecule has 2 heteroatoms. The SMILES string of the molecule is Cc1ccccc1N(C)CCNCC1CC1. The number of nitrogens with zero attached hydrogens (tertiary/aromatic N) is 1. The molecule has 1 N–H and O–H groups in total. The normalized spacial score (nSPS) is 15.1. The highest BCUT2D eigenvalue weighted by Gasteiger charge is 2.20. The van der Waals surface area contributed by atoms with Gasteiger partial charge in [0, 0.05) is 25.8 Å². The number of aryl methyl sites for hydroxylation is 1. The molecule has 1 saturated carbocycles. The lowest BCUT2D eigenvalue weighted by atomic mass is 10.2. The lowest BCUT2D eigenvalue weighted by molar-refractivity contribution is 0.634. The number of benzene rings is 1. The number of para-hydroxylation sites is 1. The van der Waals surface area contributed by atoms with Crippen LogP contribution in [0, 0.1) is 12.8 Å². The molecule has 0 atom stereocenters. The van der Waals surface area contributed by atoms with Gasteiger partial charge in [0.1, 0.15) is 0 Å². The third-order valence-corrected chi connectivity index (χ3v) is 3.28. The molecular formula is C14H22N2. The first-order valence-electron chi connectivity index (χ1n) is 6.25. The van der Waals surface area contributed by atoms with Crippen molar-refractivity contribution < 1.29 is 0 Å². The summed E-state index contributed by atoms with van der Waals surface area (Å²) in [6.45, 7) is 5.55. The van der Waals surface area contributed by atoms with Crippen LogP contribution >= 0.6 is 0 Å². The zero-order chi connectivity index (χ0) is 11.4. The minimum absolute atomic E-state index is 0.976. The van der Waals surface area contributed by atoms with Gasteiger partial charge < -0.3 is 10.2 Å². The zero-order valence-electron chi connectivity index (χ0n) is 10.4. The zero-order valence-corrected chi connectivity index (χ0v) is 10.4. The molecular weight excluding hydrogens is 196 g/mol. The Morgan fingerprint density at radius 1 is 1.31 bits per heavy atom. The molecule has 2 rings (SSSR count). The van der Waals surface area contributed by atoms with Crippen molar-refractivity contribution in [1.29, 1.82) is 0 Å². The van der Waals surface area contributed by atoms with E-state index in [4.69, 9.17) is 0 Å². The second-order valence-corrected chi connectivity index (χ2v) is 4.86. The average molecular weight is 218 g/mol. The largest absolute Gasteiger partial charge is 0.373 e. The van der Waals surface area contributed by atoms with E-state index < -0.39 is 0 Å². The van der Waals surface area contributed by atoms with Crippen LogP contribution in [0.4, 0.5) is 5.69 Å². The van der Waals surface area contributed by atoms with Crippen LogP contribution in [-0.2, 0) is 0 Å². The second kappa shape index (κ2) is 5.35. The summed E-state index contributed by atoms with van der Waals surface area (Å²) in [5, 5.41) is 3.53. The first-order chi connectivity index (χ1) is 7.77. The van der Waals surface area contributed by atoms with Crippen molar-refractivity contribution in [2.24, 2.45) is 5.92 Å². The van der Waals surface area contributed by atoms with E-state index in [9.17, 15) is 0 Å². The molecule has 1 aromatic carbocycles. The van der Waals surface area contributed by atoms with Crippen molar-refractivity contribution in [3.05, 3.63) is 29.8 Å². The Kier molecular flexibility index (Phi) is 3.83. The predicted molar refractivity (Wildman–Crippen MR) is 70.0 cm³/mol. The van der Waals surface area contributed by atoms with Gasteiger partial charge in [0.2, 0.25) is 0 Å². The lowest BCUT2D eigenvalue weighted by Gasteiger charge is -2.21. The van der Waals surface area contributed by atoms with Gasteiger partial charge in [0.15, 0.2) is 0 Å². The van der Waals surface area contributed by atoms with E-state index in [1.165, 1.54) is 30.6 Å². The molecule has 2 nitrogen and oxygen atoms in total. The highest BCUT2D eigenvalue weighted by Crippen LogP contribution is 2.27. The molecule has 0 aromatic heterocycles. The molecule has 0 heterocycles. The molecule has 1 aromatic rings. The molecule has 0 spiro atoms. The number of nitrogens with one attached hydrogen (secondary N) is 1. The van der Waals surface area contributed by atoms with Gasteiger partial charge in [-0.25, -0.2) is 0 Å². The monoisotopic (exact) mass is 218 g/mol. The Bertz CT molecular complexity index is 331. The topological polar surface area (TPSA) is 15.3 Å². The third-order valence-electron chi connectivity index (χ3n) is 3.28. The van der Waals surface area contributed by atoms with Gasteiger partial charge in [0.05, 0.1) is 0 Å². The summed E-state index contributed by atoms with van der Waals surface area (Å²) in [5.74, 6) is 0.976. The molecule has 0 unspecified atom stereocenters. The van der Waals surface area contributed by atoms with E-state index in [0.29, 0.717) is 0 Å². The quantitative estimate of drug-likeness (QED) is 0.738. The summed E-state index contributed by atoms with van der Waals surface area (Å²) in [6.07, 6.45) is 2.86. The smallest absolute Gasteiger partial charge is 0.0393 e. The molecule has 0 amide bonds. The third kappa shape index (κ3) is 3.24. The molecule has 0 bridgehead atoms. The number of anilines is 1. The molecule has 0 aliphatic heterocycles. The van der Waals surface area contributed by atoms with E-state index in [1.54, 1.807) is 0 Å². The molecule has 1 aliphatic rings. The van der Waals surface area contributed by atoms with Crippen molar-refractivity contribution in [2.45, 2.75) is 19.8 Å². The fourth-order valence-corrected chi connectivity index (χ4v) is 1.99. The van der Waals surface area contributed by atoms with Crippen molar-refractivity contribution in [2.75, 3.05) is 31.6 Å². The van der Waals surface area contributed by atoms with Crippen LogP contribution in [0.1, 0.15) is 18.4 Å². The Hall–Kier alpha value is -1.02. The van der Waals surface area contributed by atoms with Crippen molar-refractivity contribution >= 4 is 5.69 Å². The average Bonchev–Trinajstić information content (AvgIpc) is 3.08. The van der Waals surface area contributed by atoms with Crippen molar-refractivity contribution in [3.8, 4) is 0 Å². The van der Waals surface area contributed by atoms with Crippen LogP contribution in [0.2, 0.25) is 0 Å². The van der Waals surface area contributed by atoms with Crippen LogP contribution in [0.5, 0.6) is 0 Å². The minimum Gasteiger partial charge on any atom is -0.373 e. The number of rotatable bonds is 6. The highest BCUT2D eigenvalue weighted by molar-refractivity contribution is 5.52. The summed E-state index contributed by atoms with van der Waals surface area (Å²) in [6, 6.07) is 8.56. The molecule has 0 radical (unpaired) electrons. The summed E-state index contributed by atoms with van der Waals surface area (Å²) in [7, 11) is 2.17. The standard InChI is InChI=1S/C14H22N2/c1-12-5-3-4-6-14(12)16(2)10-9-15-11-13-7-8-13/h3-6,13,15H,7-11H2,1-2H3. The highest BCUT2D eigenvalue weighted by atomic mass is 15.1. The van der Waals surface area contributed by atoms with Crippen LogP contribution in [0.15, 0.2) is 24.3 Å².